The number of amides is 3. The lowest BCUT2D eigenvalue weighted by Crippen LogP contribution is -2.49. The number of aliphatic imine (C=N–C) groups is 1. The molecule has 5 heterocycles. The van der Waals surface area contributed by atoms with E-state index in [1.54, 1.807) is 36.2 Å². The monoisotopic (exact) mass is 793 g/mol. The maximum Gasteiger partial charge on any atom is 0.407 e. The number of ether oxygens (including phenoxy) is 2. The average Bonchev–Trinajstić information content (AvgIpc) is 4.11. The second kappa shape index (κ2) is 18.2. The van der Waals surface area contributed by atoms with Gasteiger partial charge in [-0.25, -0.2) is 19.8 Å². The van der Waals surface area contributed by atoms with Crippen molar-refractivity contribution in [3.8, 4) is 33.6 Å². The third-order valence-electron chi connectivity index (χ3n) is 10.7. The average molecular weight is 794 g/mol. The van der Waals surface area contributed by atoms with Gasteiger partial charge in [0, 0.05) is 26.6 Å². The number of aromatic amines is 3. The molecule has 2 saturated heterocycles. The topological polar surface area (TPSA) is 218 Å². The van der Waals surface area contributed by atoms with E-state index in [1.165, 1.54) is 20.4 Å². The number of hydrogen-bond acceptors (Lipinski definition) is 12. The van der Waals surface area contributed by atoms with E-state index in [4.69, 9.17) is 14.4 Å². The molecule has 2 aliphatic heterocycles. The van der Waals surface area contributed by atoms with E-state index < -0.39 is 24.3 Å². The van der Waals surface area contributed by atoms with Crippen molar-refractivity contribution in [1.29, 1.82) is 0 Å². The lowest BCUT2D eigenvalue weighted by Gasteiger charge is -2.28. The van der Waals surface area contributed by atoms with Crippen LogP contribution in [-0.2, 0) is 35.3 Å². The molecule has 0 unspecified atom stereocenters. The van der Waals surface area contributed by atoms with Gasteiger partial charge in [0.1, 0.15) is 17.7 Å². The van der Waals surface area contributed by atoms with Crippen LogP contribution in [0.1, 0.15) is 62.0 Å². The molecule has 0 saturated carbocycles. The van der Waals surface area contributed by atoms with E-state index in [0.717, 1.165) is 71.6 Å². The minimum absolute atomic E-state index is 0.165. The van der Waals surface area contributed by atoms with Crippen LogP contribution < -0.4 is 5.32 Å². The molecular formula is C40H47N11O7. The molecule has 0 spiro atoms. The predicted molar refractivity (Wildman–Crippen MR) is 211 cm³/mol. The van der Waals surface area contributed by atoms with Gasteiger partial charge in [-0.3, -0.25) is 9.59 Å². The number of nitrogens with one attached hydrogen (secondary N) is 4. The smallest absolute Gasteiger partial charge is 0.407 e. The number of imidazole rings is 2. The summed E-state index contributed by atoms with van der Waals surface area (Å²) in [5, 5.41) is 13.1. The molecule has 0 radical (unpaired) electrons. The van der Waals surface area contributed by atoms with Crippen molar-refractivity contribution in [2.24, 2.45) is 4.99 Å². The highest BCUT2D eigenvalue weighted by Crippen LogP contribution is 2.35. The summed E-state index contributed by atoms with van der Waals surface area (Å²) < 4.78 is 10.2. The summed E-state index contributed by atoms with van der Waals surface area (Å²) >= 11 is 0. The van der Waals surface area contributed by atoms with E-state index in [0.29, 0.717) is 24.6 Å². The van der Waals surface area contributed by atoms with Crippen LogP contribution in [0.25, 0.3) is 33.6 Å². The zero-order valence-corrected chi connectivity index (χ0v) is 32.8. The molecule has 2 aliphatic rings. The van der Waals surface area contributed by atoms with Gasteiger partial charge in [0.15, 0.2) is 6.04 Å². The number of aromatic nitrogens is 7. The molecule has 0 bridgehead atoms. The van der Waals surface area contributed by atoms with Gasteiger partial charge in [0.2, 0.25) is 12.3 Å². The molecule has 2 fully saturated rings. The minimum atomic E-state index is -0.876. The standard InChI is InChI=1S/C40H47N11O7/c1-24(55-2)35(43-23-58-57-4)39(53)51-18-6-8-34(51)37-42-22-32(46-37)28-15-11-26(12-16-28)25-9-13-27(14-10-25)31-21-41-36(45-31)33-7-5-17-50(33)38(52)30(47-40(54)56-3)19-29-20-44-49-48-29/h9-16,20-24,30,33-35H,5-8,17-19H2,1-4H3,(H,41,45)(H,42,46)(H,47,54)(H,44,48,49)/t24-,30-,33+,34+,35+/m1/s1. The molecule has 4 N–H and O–H groups in total. The van der Waals surface area contributed by atoms with Crippen molar-refractivity contribution in [2.45, 2.75) is 69.3 Å². The van der Waals surface area contributed by atoms with Gasteiger partial charge in [-0.15, -0.1) is 0 Å². The summed E-state index contributed by atoms with van der Waals surface area (Å²) in [6, 6.07) is 14.3. The largest absolute Gasteiger partial charge is 0.453 e. The van der Waals surface area contributed by atoms with Crippen molar-refractivity contribution < 1.29 is 33.6 Å². The normalized spacial score (nSPS) is 18.3. The first-order valence-corrected chi connectivity index (χ1v) is 19.1. The van der Waals surface area contributed by atoms with Gasteiger partial charge < -0.3 is 39.4 Å². The number of methoxy groups -OCH3 is 2. The van der Waals surface area contributed by atoms with Gasteiger partial charge in [0.05, 0.1) is 68.1 Å². The number of carbonyl (C=O) groups is 3. The molecule has 18 nitrogen and oxygen atoms in total. The number of alkyl carbamates (subject to hydrolysis) is 1. The Morgan fingerprint density at radius 1 is 0.828 bits per heavy atom. The van der Waals surface area contributed by atoms with E-state index in [1.807, 2.05) is 24.3 Å². The molecule has 7 rings (SSSR count). The first-order valence-electron chi connectivity index (χ1n) is 19.1. The van der Waals surface area contributed by atoms with Crippen molar-refractivity contribution in [3.63, 3.8) is 0 Å². The van der Waals surface area contributed by atoms with Crippen molar-refractivity contribution in [3.05, 3.63) is 84.5 Å². The number of rotatable bonds is 15. The highest BCUT2D eigenvalue weighted by Gasteiger charge is 2.38. The zero-order valence-electron chi connectivity index (χ0n) is 32.8. The van der Waals surface area contributed by atoms with Crippen LogP contribution in [0.3, 0.4) is 0 Å². The van der Waals surface area contributed by atoms with Crippen molar-refractivity contribution in [2.75, 3.05) is 34.4 Å². The summed E-state index contributed by atoms with van der Waals surface area (Å²) in [6.07, 6.45) is 8.38. The molecule has 18 heteroatoms. The molecule has 3 amide bonds. The molecule has 304 valence electrons. The maximum atomic E-state index is 13.8. The van der Waals surface area contributed by atoms with Crippen LogP contribution in [0.2, 0.25) is 0 Å². The number of nitrogens with zero attached hydrogens (tertiary/aromatic N) is 7. The fourth-order valence-electron chi connectivity index (χ4n) is 7.57. The number of hydrogen-bond donors (Lipinski definition) is 4. The Morgan fingerprint density at radius 2 is 1.38 bits per heavy atom. The maximum absolute atomic E-state index is 13.8. The van der Waals surface area contributed by atoms with Crippen LogP contribution >= 0.6 is 0 Å². The van der Waals surface area contributed by atoms with Crippen LogP contribution in [0, 0.1) is 0 Å². The molecule has 0 aliphatic carbocycles. The van der Waals surface area contributed by atoms with Crippen LogP contribution in [0.15, 0.2) is 72.1 Å². The Labute approximate surface area is 334 Å². The first-order chi connectivity index (χ1) is 28.3. The van der Waals surface area contributed by atoms with E-state index >= 15 is 0 Å². The Kier molecular flexibility index (Phi) is 12.5. The lowest BCUT2D eigenvalue weighted by atomic mass is 10.0. The number of likely N-dealkylation sites (tertiary alicyclic amines) is 2. The van der Waals surface area contributed by atoms with E-state index in [9.17, 15) is 14.4 Å². The van der Waals surface area contributed by atoms with Gasteiger partial charge in [-0.05, 0) is 54.9 Å². The molecule has 5 aromatic rings. The van der Waals surface area contributed by atoms with Crippen molar-refractivity contribution in [1.82, 2.24) is 50.5 Å². The zero-order chi connectivity index (χ0) is 40.6. The Morgan fingerprint density at radius 3 is 1.88 bits per heavy atom. The number of H-pyrrole nitrogens is 3. The van der Waals surface area contributed by atoms with Crippen LogP contribution in [-0.4, -0.2) is 122 Å². The summed E-state index contributed by atoms with van der Waals surface area (Å²) in [7, 11) is 4.17. The molecule has 2 aromatic carbocycles. The molecule has 3 aromatic heterocycles. The lowest BCUT2D eigenvalue weighted by molar-refractivity contribution is -0.188. The number of carbonyl (C=O) groups excluding carboxylic acids is 3. The van der Waals surface area contributed by atoms with Gasteiger partial charge in [-0.1, -0.05) is 48.5 Å². The van der Waals surface area contributed by atoms with Crippen LogP contribution in [0.4, 0.5) is 4.79 Å². The Balaban J connectivity index is 0.998. The fourth-order valence-corrected chi connectivity index (χ4v) is 7.57. The van der Waals surface area contributed by atoms with Gasteiger partial charge in [0.25, 0.3) is 5.91 Å². The van der Waals surface area contributed by atoms with E-state index in [2.05, 4.69) is 74.8 Å². The van der Waals surface area contributed by atoms with Crippen molar-refractivity contribution >= 4 is 24.3 Å². The quantitative estimate of drug-likeness (QED) is 0.0499. The summed E-state index contributed by atoms with van der Waals surface area (Å²) in [5.41, 5.74) is 6.24. The second-order valence-corrected chi connectivity index (χ2v) is 14.2. The first kappa shape index (κ1) is 39.8. The summed E-state index contributed by atoms with van der Waals surface area (Å²) in [4.78, 5) is 72.9. The summed E-state index contributed by atoms with van der Waals surface area (Å²) in [6.45, 7) is 2.91. The Bertz CT molecular complexity index is 2170. The minimum Gasteiger partial charge on any atom is -0.453 e. The van der Waals surface area contributed by atoms with Gasteiger partial charge in [-0.2, -0.15) is 20.3 Å². The SMILES string of the molecule is COOC=N[C@H](C(=O)N1CCC[C@H]1c1ncc(-c2ccc(-c3ccc(-c4cnc([C@@H]5CCCN5C(=O)[C@@H](Cc5cn[nH]n5)NC(=O)OC)[nH]4)cc3)cc2)[nH]1)[C@@H](C)OC. The van der Waals surface area contributed by atoms with Crippen LogP contribution in [0.5, 0.6) is 0 Å². The third kappa shape index (κ3) is 8.77. The van der Waals surface area contributed by atoms with E-state index in [-0.39, 0.29) is 30.3 Å². The third-order valence-corrected chi connectivity index (χ3v) is 10.7. The predicted octanol–water partition coefficient (Wildman–Crippen LogP) is 4.56. The Hall–Kier alpha value is -6.40. The molecule has 5 atom stereocenters. The summed E-state index contributed by atoms with van der Waals surface area (Å²) in [5.74, 6) is 0.993. The highest BCUT2D eigenvalue weighted by molar-refractivity contribution is 5.86. The second-order valence-electron chi connectivity index (χ2n) is 14.2. The van der Waals surface area contributed by atoms with Gasteiger partial charge >= 0.3 is 6.09 Å². The fraction of sp³-hybridized carbons (Fsp3) is 0.400. The molecule has 58 heavy (non-hydrogen) atoms. The highest BCUT2D eigenvalue weighted by atomic mass is 17.2. The number of benzene rings is 2. The molecular weight excluding hydrogens is 747 g/mol.